The maximum absolute atomic E-state index is 9.40. The number of hydrogen-bond donors (Lipinski definition) is 1. The lowest BCUT2D eigenvalue weighted by Crippen LogP contribution is -2.13. The lowest BCUT2D eigenvalue weighted by atomic mass is 10.1. The van der Waals surface area contributed by atoms with Gasteiger partial charge in [0.25, 0.3) is 0 Å². The maximum Gasteiger partial charge on any atom is 0.0702 e. The van der Waals surface area contributed by atoms with Gasteiger partial charge in [-0.3, -0.25) is 0 Å². The molecule has 0 saturated heterocycles. The molecule has 0 radical (unpaired) electrons. The quantitative estimate of drug-likeness (QED) is 0.906. The molecule has 2 aromatic carbocycles. The molecule has 0 unspecified atom stereocenters. The van der Waals surface area contributed by atoms with Gasteiger partial charge in [0.15, 0.2) is 0 Å². The monoisotopic (exact) mass is 261 g/mol. The Balaban J connectivity index is 2.48. The number of rotatable bonds is 3. The standard InChI is InChI=1S/C15H16ClNO/c1-11-5-3-4-6-14(11)17(2)15-9-13(16)8-7-12(15)10-18/h3-9,18H,10H2,1-2H3. The van der Waals surface area contributed by atoms with Gasteiger partial charge in [-0.15, -0.1) is 0 Å². The van der Waals surface area contributed by atoms with E-state index in [0.717, 1.165) is 16.9 Å². The molecule has 1 N–H and O–H groups in total. The van der Waals surface area contributed by atoms with E-state index >= 15 is 0 Å². The molecule has 0 aliphatic carbocycles. The van der Waals surface area contributed by atoms with Crippen molar-refractivity contribution in [2.75, 3.05) is 11.9 Å². The summed E-state index contributed by atoms with van der Waals surface area (Å²) in [6.07, 6.45) is 0. The highest BCUT2D eigenvalue weighted by atomic mass is 35.5. The SMILES string of the molecule is Cc1ccccc1N(C)c1cc(Cl)ccc1CO. The van der Waals surface area contributed by atoms with E-state index in [2.05, 4.69) is 19.1 Å². The van der Waals surface area contributed by atoms with Gasteiger partial charge in [-0.05, 0) is 30.7 Å². The second kappa shape index (κ2) is 5.42. The predicted octanol–water partition coefficient (Wildman–Crippen LogP) is 3.91. The van der Waals surface area contributed by atoms with E-state index in [0.29, 0.717) is 5.02 Å². The van der Waals surface area contributed by atoms with Gasteiger partial charge in [0.1, 0.15) is 0 Å². The highest BCUT2D eigenvalue weighted by Gasteiger charge is 2.11. The lowest BCUT2D eigenvalue weighted by Gasteiger charge is -2.24. The second-order valence-corrected chi connectivity index (χ2v) is 4.71. The molecule has 2 rings (SSSR count). The summed E-state index contributed by atoms with van der Waals surface area (Å²) in [5, 5.41) is 10.1. The summed E-state index contributed by atoms with van der Waals surface area (Å²) in [6.45, 7) is 2.07. The smallest absolute Gasteiger partial charge is 0.0702 e. The van der Waals surface area contributed by atoms with Crippen molar-refractivity contribution < 1.29 is 5.11 Å². The number of nitrogens with zero attached hydrogens (tertiary/aromatic N) is 1. The van der Waals surface area contributed by atoms with Crippen LogP contribution < -0.4 is 4.90 Å². The second-order valence-electron chi connectivity index (χ2n) is 4.28. The van der Waals surface area contributed by atoms with E-state index in [1.54, 1.807) is 6.07 Å². The molecule has 0 bridgehead atoms. The van der Waals surface area contributed by atoms with Crippen LogP contribution in [0, 0.1) is 6.92 Å². The number of aliphatic hydroxyl groups is 1. The molecule has 0 aliphatic heterocycles. The van der Waals surface area contributed by atoms with E-state index in [1.165, 1.54) is 5.56 Å². The number of anilines is 2. The highest BCUT2D eigenvalue weighted by molar-refractivity contribution is 6.30. The van der Waals surface area contributed by atoms with Crippen LogP contribution in [0.25, 0.3) is 0 Å². The van der Waals surface area contributed by atoms with E-state index < -0.39 is 0 Å². The molecule has 2 aromatic rings. The Morgan fingerprint density at radius 2 is 1.83 bits per heavy atom. The fourth-order valence-corrected chi connectivity index (χ4v) is 2.22. The third-order valence-electron chi connectivity index (χ3n) is 3.06. The van der Waals surface area contributed by atoms with Gasteiger partial charge in [0.05, 0.1) is 6.61 Å². The molecule has 0 atom stereocenters. The molecule has 0 heterocycles. The third kappa shape index (κ3) is 2.50. The first-order chi connectivity index (χ1) is 8.63. The van der Waals surface area contributed by atoms with Crippen LogP contribution in [0.15, 0.2) is 42.5 Å². The summed E-state index contributed by atoms with van der Waals surface area (Å²) in [5.41, 5.74) is 4.09. The molecular formula is C15H16ClNO. The van der Waals surface area contributed by atoms with Crippen LogP contribution in [-0.4, -0.2) is 12.2 Å². The van der Waals surface area contributed by atoms with Gasteiger partial charge >= 0.3 is 0 Å². The molecule has 0 fully saturated rings. The number of halogens is 1. The summed E-state index contributed by atoms with van der Waals surface area (Å²) in [7, 11) is 1.98. The molecule has 0 saturated carbocycles. The van der Waals surface area contributed by atoms with Crippen molar-refractivity contribution in [2.45, 2.75) is 13.5 Å². The summed E-state index contributed by atoms with van der Waals surface area (Å²) < 4.78 is 0. The van der Waals surface area contributed by atoms with Crippen molar-refractivity contribution in [1.29, 1.82) is 0 Å². The molecule has 0 aliphatic rings. The molecule has 0 aromatic heterocycles. The number of benzene rings is 2. The molecular weight excluding hydrogens is 246 g/mol. The minimum absolute atomic E-state index is 0.00270. The van der Waals surface area contributed by atoms with Crippen LogP contribution >= 0.6 is 11.6 Å². The molecule has 94 valence electrons. The Morgan fingerprint density at radius 3 is 2.50 bits per heavy atom. The van der Waals surface area contributed by atoms with Crippen LogP contribution in [0.3, 0.4) is 0 Å². The highest BCUT2D eigenvalue weighted by Crippen LogP contribution is 2.31. The van der Waals surface area contributed by atoms with Crippen molar-refractivity contribution in [3.05, 3.63) is 58.6 Å². The van der Waals surface area contributed by atoms with Gasteiger partial charge in [-0.2, -0.15) is 0 Å². The predicted molar refractivity (Wildman–Crippen MR) is 76.6 cm³/mol. The largest absolute Gasteiger partial charge is 0.392 e. The van der Waals surface area contributed by atoms with Gasteiger partial charge in [0.2, 0.25) is 0 Å². The van der Waals surface area contributed by atoms with Crippen LogP contribution in [0.2, 0.25) is 5.02 Å². The topological polar surface area (TPSA) is 23.5 Å². The van der Waals surface area contributed by atoms with Crippen molar-refractivity contribution in [2.24, 2.45) is 0 Å². The molecule has 2 nitrogen and oxygen atoms in total. The van der Waals surface area contributed by atoms with Crippen molar-refractivity contribution in [3.63, 3.8) is 0 Å². The zero-order chi connectivity index (χ0) is 13.1. The van der Waals surface area contributed by atoms with Crippen LogP contribution in [0.1, 0.15) is 11.1 Å². The average Bonchev–Trinajstić information content (AvgIpc) is 2.38. The average molecular weight is 262 g/mol. The lowest BCUT2D eigenvalue weighted by molar-refractivity contribution is 0.282. The van der Waals surface area contributed by atoms with Gasteiger partial charge in [-0.25, -0.2) is 0 Å². The summed E-state index contributed by atoms with van der Waals surface area (Å²) in [4.78, 5) is 2.05. The van der Waals surface area contributed by atoms with E-state index in [4.69, 9.17) is 11.6 Å². The minimum atomic E-state index is 0.00270. The van der Waals surface area contributed by atoms with Crippen molar-refractivity contribution in [1.82, 2.24) is 0 Å². The summed E-state index contributed by atoms with van der Waals surface area (Å²) >= 11 is 6.04. The molecule has 0 amide bonds. The minimum Gasteiger partial charge on any atom is -0.392 e. The number of hydrogen-bond acceptors (Lipinski definition) is 2. The van der Waals surface area contributed by atoms with Crippen molar-refractivity contribution in [3.8, 4) is 0 Å². The van der Waals surface area contributed by atoms with Gasteiger partial charge in [0, 0.05) is 29.0 Å². The van der Waals surface area contributed by atoms with E-state index in [1.807, 2.05) is 36.2 Å². The van der Waals surface area contributed by atoms with E-state index in [9.17, 15) is 5.11 Å². The first-order valence-corrected chi connectivity index (χ1v) is 6.20. The third-order valence-corrected chi connectivity index (χ3v) is 3.29. The van der Waals surface area contributed by atoms with Crippen molar-refractivity contribution >= 4 is 23.0 Å². The molecule has 3 heteroatoms. The number of aryl methyl sites for hydroxylation is 1. The van der Waals surface area contributed by atoms with E-state index in [-0.39, 0.29) is 6.61 Å². The number of para-hydroxylation sites is 1. The fourth-order valence-electron chi connectivity index (χ4n) is 2.05. The first-order valence-electron chi connectivity index (χ1n) is 5.82. The van der Waals surface area contributed by atoms with Gasteiger partial charge in [-0.1, -0.05) is 35.9 Å². The Morgan fingerprint density at radius 1 is 1.11 bits per heavy atom. The van der Waals surface area contributed by atoms with Gasteiger partial charge < -0.3 is 10.0 Å². The first kappa shape index (κ1) is 12.9. The zero-order valence-corrected chi connectivity index (χ0v) is 11.3. The summed E-state index contributed by atoms with van der Waals surface area (Å²) in [6, 6.07) is 13.7. The van der Waals surface area contributed by atoms with Crippen LogP contribution in [-0.2, 0) is 6.61 Å². The van der Waals surface area contributed by atoms with Crippen LogP contribution in [0.4, 0.5) is 11.4 Å². The Hall–Kier alpha value is -1.51. The van der Waals surface area contributed by atoms with Crippen LogP contribution in [0.5, 0.6) is 0 Å². The molecule has 18 heavy (non-hydrogen) atoms. The normalized spacial score (nSPS) is 10.4. The number of aliphatic hydroxyl groups excluding tert-OH is 1. The molecule has 0 spiro atoms. The Bertz CT molecular complexity index is 554. The maximum atomic E-state index is 9.40. The Labute approximate surface area is 112 Å². The zero-order valence-electron chi connectivity index (χ0n) is 10.5. The summed E-state index contributed by atoms with van der Waals surface area (Å²) in [5.74, 6) is 0. The fraction of sp³-hybridized carbons (Fsp3) is 0.200. The Kier molecular flexibility index (Phi) is 3.90.